The van der Waals surface area contributed by atoms with Gasteiger partial charge in [-0.25, -0.2) is 4.98 Å². The van der Waals surface area contributed by atoms with Crippen molar-refractivity contribution in [1.82, 2.24) is 10.3 Å². The van der Waals surface area contributed by atoms with Gasteiger partial charge in [0.05, 0.1) is 16.8 Å². The molecule has 3 nitrogen and oxygen atoms in total. The maximum absolute atomic E-state index is 10.2. The zero-order valence-corrected chi connectivity index (χ0v) is 14.3. The van der Waals surface area contributed by atoms with Gasteiger partial charge in [0, 0.05) is 21.9 Å². The molecule has 2 atom stereocenters. The number of hydrogen-bond acceptors (Lipinski definition) is 4. The van der Waals surface area contributed by atoms with Crippen molar-refractivity contribution in [1.29, 1.82) is 0 Å². The van der Waals surface area contributed by atoms with E-state index >= 15 is 0 Å². The molecule has 20 heavy (non-hydrogen) atoms. The molecule has 1 aromatic carbocycles. The fourth-order valence-electron chi connectivity index (χ4n) is 2.16. The molecule has 0 aliphatic heterocycles. The van der Waals surface area contributed by atoms with Crippen molar-refractivity contribution in [3.63, 3.8) is 0 Å². The van der Waals surface area contributed by atoms with E-state index in [2.05, 4.69) is 33.2 Å². The standard InChI is InChI=1S/C15H19BrN2OS/c1-9(15-10(2)18-11(3)20-15)17-8-14(19)12-5-4-6-13(16)7-12/h4-7,9,14,17,19H,8H2,1-3H3. The Bertz CT molecular complexity index is 585. The molecule has 5 heteroatoms. The lowest BCUT2D eigenvalue weighted by atomic mass is 10.1. The maximum Gasteiger partial charge on any atom is 0.0914 e. The molecule has 0 spiro atoms. The van der Waals surface area contributed by atoms with Crippen molar-refractivity contribution in [2.45, 2.75) is 32.9 Å². The van der Waals surface area contributed by atoms with Gasteiger partial charge in [0.15, 0.2) is 0 Å². The average Bonchev–Trinajstić information content (AvgIpc) is 2.74. The third-order valence-corrected chi connectivity index (χ3v) is 4.93. The van der Waals surface area contributed by atoms with Crippen LogP contribution in [0.5, 0.6) is 0 Å². The molecule has 108 valence electrons. The summed E-state index contributed by atoms with van der Waals surface area (Å²) in [6, 6.07) is 7.96. The summed E-state index contributed by atoms with van der Waals surface area (Å²) in [4.78, 5) is 5.68. The number of aliphatic hydroxyl groups excluding tert-OH is 1. The second-order valence-corrected chi connectivity index (χ2v) is 7.03. The van der Waals surface area contributed by atoms with Crippen molar-refractivity contribution in [3.8, 4) is 0 Å². The van der Waals surface area contributed by atoms with Gasteiger partial charge in [-0.05, 0) is 38.5 Å². The molecule has 0 bridgehead atoms. The van der Waals surface area contributed by atoms with E-state index < -0.39 is 6.10 Å². The van der Waals surface area contributed by atoms with Crippen LogP contribution in [0.25, 0.3) is 0 Å². The summed E-state index contributed by atoms with van der Waals surface area (Å²) in [5.41, 5.74) is 1.99. The number of halogens is 1. The molecule has 2 rings (SSSR count). The first-order chi connectivity index (χ1) is 9.47. The van der Waals surface area contributed by atoms with Crippen LogP contribution in [0.15, 0.2) is 28.7 Å². The van der Waals surface area contributed by atoms with E-state index in [4.69, 9.17) is 0 Å². The highest BCUT2D eigenvalue weighted by atomic mass is 79.9. The Kier molecular flexibility index (Phi) is 5.32. The lowest BCUT2D eigenvalue weighted by molar-refractivity contribution is 0.171. The summed E-state index contributed by atoms with van der Waals surface area (Å²) < 4.78 is 0.982. The van der Waals surface area contributed by atoms with Gasteiger partial charge < -0.3 is 10.4 Å². The van der Waals surface area contributed by atoms with Gasteiger partial charge in [0.1, 0.15) is 0 Å². The zero-order chi connectivity index (χ0) is 14.7. The van der Waals surface area contributed by atoms with E-state index in [0.29, 0.717) is 6.54 Å². The van der Waals surface area contributed by atoms with Crippen LogP contribution >= 0.6 is 27.3 Å². The lowest BCUT2D eigenvalue weighted by Gasteiger charge is -2.17. The second kappa shape index (κ2) is 6.80. The first-order valence-electron chi connectivity index (χ1n) is 6.58. The van der Waals surface area contributed by atoms with E-state index in [1.165, 1.54) is 4.88 Å². The van der Waals surface area contributed by atoms with Crippen LogP contribution in [-0.2, 0) is 0 Å². The summed E-state index contributed by atoms with van der Waals surface area (Å²) in [6.45, 7) is 6.67. The minimum Gasteiger partial charge on any atom is -0.387 e. The Balaban J connectivity index is 1.96. The highest BCUT2D eigenvalue weighted by Crippen LogP contribution is 2.25. The lowest BCUT2D eigenvalue weighted by Crippen LogP contribution is -2.24. The van der Waals surface area contributed by atoms with Crippen molar-refractivity contribution in [2.24, 2.45) is 0 Å². The van der Waals surface area contributed by atoms with Crippen LogP contribution in [0, 0.1) is 13.8 Å². The van der Waals surface area contributed by atoms with Gasteiger partial charge in [0.2, 0.25) is 0 Å². The number of thiazole rings is 1. The van der Waals surface area contributed by atoms with E-state index in [9.17, 15) is 5.11 Å². The number of benzene rings is 1. The van der Waals surface area contributed by atoms with Gasteiger partial charge in [-0.2, -0.15) is 0 Å². The highest BCUT2D eigenvalue weighted by molar-refractivity contribution is 9.10. The Morgan fingerprint density at radius 3 is 2.75 bits per heavy atom. The van der Waals surface area contributed by atoms with E-state index in [1.54, 1.807) is 11.3 Å². The molecule has 1 aromatic heterocycles. The second-order valence-electron chi connectivity index (χ2n) is 4.88. The van der Waals surface area contributed by atoms with E-state index in [0.717, 1.165) is 20.7 Å². The largest absolute Gasteiger partial charge is 0.387 e. The smallest absolute Gasteiger partial charge is 0.0914 e. The number of aromatic nitrogens is 1. The number of aliphatic hydroxyl groups is 1. The van der Waals surface area contributed by atoms with E-state index in [-0.39, 0.29) is 6.04 Å². The molecule has 2 aromatic rings. The summed E-state index contributed by atoms with van der Waals surface area (Å²) in [6.07, 6.45) is -0.510. The maximum atomic E-state index is 10.2. The van der Waals surface area contributed by atoms with Crippen LogP contribution in [0.2, 0.25) is 0 Å². The number of rotatable bonds is 5. The minimum atomic E-state index is -0.510. The van der Waals surface area contributed by atoms with Gasteiger partial charge >= 0.3 is 0 Å². The SMILES string of the molecule is Cc1nc(C)c(C(C)NCC(O)c2cccc(Br)c2)s1. The number of nitrogens with one attached hydrogen (secondary N) is 1. The van der Waals surface area contributed by atoms with Crippen molar-refractivity contribution in [2.75, 3.05) is 6.54 Å². The predicted molar refractivity (Wildman–Crippen MR) is 87.1 cm³/mol. The molecule has 0 saturated heterocycles. The van der Waals surface area contributed by atoms with Crippen molar-refractivity contribution < 1.29 is 5.11 Å². The molecule has 2 N–H and O–H groups in total. The molecule has 2 unspecified atom stereocenters. The molecule has 0 aliphatic carbocycles. The van der Waals surface area contributed by atoms with Gasteiger partial charge in [-0.3, -0.25) is 0 Å². The zero-order valence-electron chi connectivity index (χ0n) is 11.9. The fraction of sp³-hybridized carbons (Fsp3) is 0.400. The Morgan fingerprint density at radius 2 is 2.15 bits per heavy atom. The number of hydrogen-bond donors (Lipinski definition) is 2. The van der Waals surface area contributed by atoms with E-state index in [1.807, 2.05) is 38.1 Å². The first-order valence-corrected chi connectivity index (χ1v) is 8.19. The number of aryl methyl sites for hydroxylation is 2. The molecule has 0 amide bonds. The summed E-state index contributed by atoms with van der Waals surface area (Å²) >= 11 is 5.13. The van der Waals surface area contributed by atoms with Crippen molar-refractivity contribution in [3.05, 3.63) is 49.9 Å². The Labute approximate surface area is 132 Å². The van der Waals surface area contributed by atoms with Crippen LogP contribution < -0.4 is 5.32 Å². The van der Waals surface area contributed by atoms with Crippen LogP contribution in [0.4, 0.5) is 0 Å². The molecule has 0 saturated carbocycles. The monoisotopic (exact) mass is 354 g/mol. The molecular formula is C15H19BrN2OS. The average molecular weight is 355 g/mol. The van der Waals surface area contributed by atoms with Crippen LogP contribution in [0.1, 0.15) is 40.2 Å². The third-order valence-electron chi connectivity index (χ3n) is 3.18. The van der Waals surface area contributed by atoms with Gasteiger partial charge in [-0.1, -0.05) is 28.1 Å². The van der Waals surface area contributed by atoms with Gasteiger partial charge in [0.25, 0.3) is 0 Å². The number of nitrogens with zero attached hydrogens (tertiary/aromatic N) is 1. The Hall–Kier alpha value is -0.750. The highest BCUT2D eigenvalue weighted by Gasteiger charge is 2.15. The van der Waals surface area contributed by atoms with Crippen molar-refractivity contribution >= 4 is 27.3 Å². The quantitative estimate of drug-likeness (QED) is 0.855. The Morgan fingerprint density at radius 1 is 1.40 bits per heavy atom. The molecule has 1 heterocycles. The minimum absolute atomic E-state index is 0.197. The molecule has 0 aliphatic rings. The predicted octanol–water partition coefficient (Wildman–Crippen LogP) is 3.91. The molecular weight excluding hydrogens is 336 g/mol. The van der Waals surface area contributed by atoms with Crippen LogP contribution in [0.3, 0.4) is 0 Å². The first kappa shape index (κ1) is 15.6. The summed E-state index contributed by atoms with van der Waals surface area (Å²) in [5.74, 6) is 0. The molecule has 0 radical (unpaired) electrons. The van der Waals surface area contributed by atoms with Gasteiger partial charge in [-0.15, -0.1) is 11.3 Å². The summed E-state index contributed by atoms with van der Waals surface area (Å²) in [5, 5.41) is 14.7. The molecule has 0 fully saturated rings. The third kappa shape index (κ3) is 3.88. The fourth-order valence-corrected chi connectivity index (χ4v) is 3.53. The normalized spacial score (nSPS) is 14.2. The van der Waals surface area contributed by atoms with Crippen LogP contribution in [-0.4, -0.2) is 16.6 Å². The topological polar surface area (TPSA) is 45.2 Å². The summed E-state index contributed by atoms with van der Waals surface area (Å²) in [7, 11) is 0.